The Morgan fingerprint density at radius 1 is 1.16 bits per heavy atom. The summed E-state index contributed by atoms with van der Waals surface area (Å²) in [5.41, 5.74) is -1.60. The van der Waals surface area contributed by atoms with E-state index in [-0.39, 0.29) is 4.88 Å². The Labute approximate surface area is 110 Å². The molecular formula is C13H8F4OS. The van der Waals surface area contributed by atoms with Crippen molar-refractivity contribution in [2.75, 3.05) is 0 Å². The molecule has 0 bridgehead atoms. The minimum Gasteiger partial charge on any atom is -0.288 e. The van der Waals surface area contributed by atoms with Crippen LogP contribution in [0.15, 0.2) is 30.3 Å². The lowest BCUT2D eigenvalue weighted by atomic mass is 10.1. The van der Waals surface area contributed by atoms with Gasteiger partial charge in [0.25, 0.3) is 0 Å². The molecule has 19 heavy (non-hydrogen) atoms. The molecule has 1 heterocycles. The van der Waals surface area contributed by atoms with E-state index >= 15 is 0 Å². The van der Waals surface area contributed by atoms with Crippen molar-refractivity contribution < 1.29 is 22.4 Å². The van der Waals surface area contributed by atoms with Crippen molar-refractivity contribution >= 4 is 17.1 Å². The number of carbonyl (C=O) groups is 1. The molecule has 0 aliphatic carbocycles. The Balaban J connectivity index is 2.47. The fourth-order valence-electron chi connectivity index (χ4n) is 1.56. The maximum atomic E-state index is 13.5. The van der Waals surface area contributed by atoms with Crippen LogP contribution in [0.4, 0.5) is 17.6 Å². The van der Waals surface area contributed by atoms with Gasteiger partial charge in [0, 0.05) is 4.88 Å². The Morgan fingerprint density at radius 3 is 2.37 bits per heavy atom. The van der Waals surface area contributed by atoms with E-state index in [9.17, 15) is 22.4 Å². The lowest BCUT2D eigenvalue weighted by Gasteiger charge is -2.08. The van der Waals surface area contributed by atoms with E-state index in [1.54, 1.807) is 13.0 Å². The Kier molecular flexibility index (Phi) is 3.45. The summed E-state index contributed by atoms with van der Waals surface area (Å²) in [7, 11) is 0. The highest BCUT2D eigenvalue weighted by Crippen LogP contribution is 2.31. The predicted octanol–water partition coefficient (Wildman–Crippen LogP) is 4.45. The van der Waals surface area contributed by atoms with Crippen LogP contribution in [0.2, 0.25) is 0 Å². The summed E-state index contributed by atoms with van der Waals surface area (Å²) in [5.74, 6) is -1.69. The van der Waals surface area contributed by atoms with Crippen molar-refractivity contribution in [3.8, 4) is 0 Å². The molecule has 0 atom stereocenters. The van der Waals surface area contributed by atoms with E-state index in [0.29, 0.717) is 18.2 Å². The molecule has 0 unspecified atom stereocenters. The first-order chi connectivity index (χ1) is 8.79. The quantitative estimate of drug-likeness (QED) is 0.589. The fourth-order valence-corrected chi connectivity index (χ4v) is 2.39. The second kappa shape index (κ2) is 4.77. The second-order valence-corrected chi connectivity index (χ2v) is 5.22. The molecule has 1 nitrogen and oxygen atoms in total. The van der Waals surface area contributed by atoms with E-state index < -0.39 is 28.9 Å². The molecule has 0 aliphatic heterocycles. The molecule has 0 saturated carbocycles. The van der Waals surface area contributed by atoms with Crippen molar-refractivity contribution in [2.45, 2.75) is 13.1 Å². The molecule has 0 spiro atoms. The highest BCUT2D eigenvalue weighted by Gasteiger charge is 2.32. The number of rotatable bonds is 2. The van der Waals surface area contributed by atoms with Gasteiger partial charge in [-0.05, 0) is 37.3 Å². The Bertz CT molecular complexity index is 628. The van der Waals surface area contributed by atoms with Crippen molar-refractivity contribution in [1.29, 1.82) is 0 Å². The summed E-state index contributed by atoms with van der Waals surface area (Å²) in [6, 6.07) is 4.96. The molecule has 2 rings (SSSR count). The van der Waals surface area contributed by atoms with Crippen molar-refractivity contribution in [1.82, 2.24) is 0 Å². The monoisotopic (exact) mass is 288 g/mol. The number of ketones is 1. The van der Waals surface area contributed by atoms with Gasteiger partial charge in [-0.3, -0.25) is 4.79 Å². The van der Waals surface area contributed by atoms with Gasteiger partial charge in [0.05, 0.1) is 16.0 Å². The average Bonchev–Trinajstić information content (AvgIpc) is 2.74. The average molecular weight is 288 g/mol. The standard InChI is InChI=1S/C13H8F4OS/c1-7-2-5-11(19-7)12(18)9-6-8(13(15,16)17)3-4-10(9)14/h2-6H,1H3. The molecule has 0 radical (unpaired) electrons. The number of halogens is 4. The van der Waals surface area contributed by atoms with Crippen LogP contribution in [0.3, 0.4) is 0 Å². The van der Waals surface area contributed by atoms with Gasteiger partial charge in [-0.25, -0.2) is 4.39 Å². The molecule has 0 saturated heterocycles. The summed E-state index contributed by atoms with van der Waals surface area (Å²) >= 11 is 1.12. The zero-order chi connectivity index (χ0) is 14.2. The number of alkyl halides is 3. The molecule has 2 aromatic rings. The molecule has 0 N–H and O–H groups in total. The molecule has 0 fully saturated rings. The normalized spacial score (nSPS) is 11.6. The second-order valence-electron chi connectivity index (χ2n) is 3.93. The number of hydrogen-bond acceptors (Lipinski definition) is 2. The van der Waals surface area contributed by atoms with Gasteiger partial charge in [-0.2, -0.15) is 13.2 Å². The summed E-state index contributed by atoms with van der Waals surface area (Å²) in [6.45, 7) is 1.75. The first kappa shape index (κ1) is 13.7. The highest BCUT2D eigenvalue weighted by atomic mass is 32.1. The van der Waals surface area contributed by atoms with Crippen LogP contribution in [-0.2, 0) is 6.18 Å². The smallest absolute Gasteiger partial charge is 0.288 e. The molecule has 1 aromatic carbocycles. The largest absolute Gasteiger partial charge is 0.416 e. The maximum Gasteiger partial charge on any atom is 0.416 e. The van der Waals surface area contributed by atoms with Crippen molar-refractivity contribution in [3.63, 3.8) is 0 Å². The van der Waals surface area contributed by atoms with Gasteiger partial charge in [0.1, 0.15) is 5.82 Å². The number of aryl methyl sites for hydroxylation is 1. The third-order valence-corrected chi connectivity index (χ3v) is 3.50. The topological polar surface area (TPSA) is 17.1 Å². The van der Waals surface area contributed by atoms with Gasteiger partial charge in [-0.1, -0.05) is 0 Å². The first-order valence-electron chi connectivity index (χ1n) is 5.27. The van der Waals surface area contributed by atoms with E-state index in [4.69, 9.17) is 0 Å². The number of benzene rings is 1. The summed E-state index contributed by atoms with van der Waals surface area (Å²) in [6.07, 6.45) is -4.60. The van der Waals surface area contributed by atoms with E-state index in [2.05, 4.69) is 0 Å². The summed E-state index contributed by atoms with van der Waals surface area (Å²) < 4.78 is 51.1. The number of carbonyl (C=O) groups excluding carboxylic acids is 1. The van der Waals surface area contributed by atoms with Crippen LogP contribution >= 0.6 is 11.3 Å². The molecule has 0 aliphatic rings. The zero-order valence-corrected chi connectivity index (χ0v) is 10.5. The van der Waals surface area contributed by atoms with E-state index in [0.717, 1.165) is 16.2 Å². The fraction of sp³-hybridized carbons (Fsp3) is 0.154. The molecule has 1 aromatic heterocycles. The third-order valence-electron chi connectivity index (χ3n) is 2.50. The van der Waals surface area contributed by atoms with Gasteiger partial charge >= 0.3 is 6.18 Å². The lowest BCUT2D eigenvalue weighted by molar-refractivity contribution is -0.137. The van der Waals surface area contributed by atoms with Crippen molar-refractivity contribution in [3.05, 3.63) is 57.0 Å². The van der Waals surface area contributed by atoms with Gasteiger partial charge in [0.2, 0.25) is 5.78 Å². The van der Waals surface area contributed by atoms with Crippen LogP contribution in [0.5, 0.6) is 0 Å². The van der Waals surface area contributed by atoms with Crippen LogP contribution in [0.1, 0.15) is 25.7 Å². The van der Waals surface area contributed by atoms with E-state index in [1.165, 1.54) is 6.07 Å². The minimum absolute atomic E-state index is 0.218. The van der Waals surface area contributed by atoms with Crippen LogP contribution < -0.4 is 0 Å². The Morgan fingerprint density at radius 2 is 1.84 bits per heavy atom. The first-order valence-corrected chi connectivity index (χ1v) is 6.08. The third kappa shape index (κ3) is 2.84. The lowest BCUT2D eigenvalue weighted by Crippen LogP contribution is -2.09. The highest BCUT2D eigenvalue weighted by molar-refractivity contribution is 7.14. The number of hydrogen-bond donors (Lipinski definition) is 0. The van der Waals surface area contributed by atoms with Gasteiger partial charge in [-0.15, -0.1) is 11.3 Å². The zero-order valence-electron chi connectivity index (χ0n) is 9.72. The van der Waals surface area contributed by atoms with Crippen LogP contribution in [0, 0.1) is 12.7 Å². The summed E-state index contributed by atoms with van der Waals surface area (Å²) in [4.78, 5) is 13.0. The number of thiophene rings is 1. The minimum atomic E-state index is -4.60. The predicted molar refractivity (Wildman–Crippen MR) is 63.9 cm³/mol. The SMILES string of the molecule is Cc1ccc(C(=O)c2cc(C(F)(F)F)ccc2F)s1. The van der Waals surface area contributed by atoms with E-state index in [1.807, 2.05) is 0 Å². The van der Waals surface area contributed by atoms with Crippen LogP contribution in [0.25, 0.3) is 0 Å². The Hall–Kier alpha value is -1.69. The van der Waals surface area contributed by atoms with Crippen molar-refractivity contribution in [2.24, 2.45) is 0 Å². The molecule has 100 valence electrons. The molecular weight excluding hydrogens is 280 g/mol. The molecule has 6 heteroatoms. The van der Waals surface area contributed by atoms with Gasteiger partial charge < -0.3 is 0 Å². The van der Waals surface area contributed by atoms with Crippen LogP contribution in [-0.4, -0.2) is 5.78 Å². The summed E-state index contributed by atoms with van der Waals surface area (Å²) in [5, 5.41) is 0. The maximum absolute atomic E-state index is 13.5. The van der Waals surface area contributed by atoms with Gasteiger partial charge in [0.15, 0.2) is 0 Å². The molecule has 0 amide bonds.